The minimum absolute atomic E-state index is 0.490. The van der Waals surface area contributed by atoms with E-state index in [2.05, 4.69) is 11.8 Å². The molecule has 0 aromatic carbocycles. The molecule has 0 amide bonds. The molecular formula is C18H32N2. The molecule has 2 N–H and O–H groups in total. The Morgan fingerprint density at radius 2 is 1.35 bits per heavy atom. The molecule has 114 valence electrons. The molecule has 4 rings (SSSR count). The quantitative estimate of drug-likeness (QED) is 0.793. The topological polar surface area (TPSA) is 29.3 Å². The molecule has 0 aromatic heterocycles. The summed E-state index contributed by atoms with van der Waals surface area (Å²) in [4.78, 5) is 2.99. The zero-order valence-electron chi connectivity index (χ0n) is 13.1. The first kappa shape index (κ1) is 13.6. The van der Waals surface area contributed by atoms with Gasteiger partial charge in [0.1, 0.15) is 0 Å². The highest BCUT2D eigenvalue weighted by molar-refractivity contribution is 5.00. The minimum Gasteiger partial charge on any atom is -0.328 e. The third-order valence-corrected chi connectivity index (χ3v) is 6.84. The van der Waals surface area contributed by atoms with Crippen LogP contribution < -0.4 is 5.73 Å². The second-order valence-corrected chi connectivity index (χ2v) is 8.59. The summed E-state index contributed by atoms with van der Waals surface area (Å²) in [6, 6.07) is 3.07. The first-order valence-corrected chi connectivity index (χ1v) is 9.22. The van der Waals surface area contributed by atoms with Gasteiger partial charge in [-0.05, 0) is 75.5 Å². The third kappa shape index (κ3) is 2.43. The monoisotopic (exact) mass is 276 g/mol. The van der Waals surface area contributed by atoms with E-state index in [1.165, 1.54) is 57.8 Å². The fourth-order valence-electron chi connectivity index (χ4n) is 6.45. The van der Waals surface area contributed by atoms with E-state index >= 15 is 0 Å². The molecule has 0 aromatic rings. The lowest BCUT2D eigenvalue weighted by Gasteiger charge is -2.55. The van der Waals surface area contributed by atoms with E-state index in [9.17, 15) is 0 Å². The predicted octanol–water partition coefficient (Wildman–Crippen LogP) is 3.55. The van der Waals surface area contributed by atoms with Gasteiger partial charge in [0.25, 0.3) is 0 Å². The summed E-state index contributed by atoms with van der Waals surface area (Å²) in [6.07, 6.45) is 14.4. The number of hydrogen-bond acceptors (Lipinski definition) is 2. The van der Waals surface area contributed by atoms with Crippen molar-refractivity contribution < 1.29 is 0 Å². The van der Waals surface area contributed by atoms with Gasteiger partial charge < -0.3 is 5.73 Å². The lowest BCUT2D eigenvalue weighted by molar-refractivity contribution is -0.0445. The minimum atomic E-state index is 0.490. The highest BCUT2D eigenvalue weighted by Crippen LogP contribution is 2.47. The molecule has 4 aliphatic rings. The maximum absolute atomic E-state index is 6.30. The van der Waals surface area contributed by atoms with Crippen LogP contribution in [0.25, 0.3) is 0 Å². The summed E-state index contributed by atoms with van der Waals surface area (Å²) in [5.74, 6) is 3.08. The van der Waals surface area contributed by atoms with E-state index in [0.29, 0.717) is 6.04 Å². The number of nitrogens with zero attached hydrogens (tertiary/aromatic N) is 1. The fourth-order valence-corrected chi connectivity index (χ4v) is 6.45. The van der Waals surface area contributed by atoms with E-state index in [1.54, 1.807) is 6.42 Å². The van der Waals surface area contributed by atoms with Crippen molar-refractivity contribution in [3.8, 4) is 0 Å². The molecule has 2 nitrogen and oxygen atoms in total. The summed E-state index contributed by atoms with van der Waals surface area (Å²) in [7, 11) is 0. The second-order valence-electron chi connectivity index (χ2n) is 8.59. The van der Waals surface area contributed by atoms with E-state index < -0.39 is 0 Å². The Morgan fingerprint density at radius 3 is 1.95 bits per heavy atom. The summed E-state index contributed by atoms with van der Waals surface area (Å²) < 4.78 is 0. The van der Waals surface area contributed by atoms with Gasteiger partial charge in [0.15, 0.2) is 0 Å². The van der Waals surface area contributed by atoms with Crippen LogP contribution in [0.4, 0.5) is 0 Å². The molecule has 4 bridgehead atoms. The highest BCUT2D eigenvalue weighted by Gasteiger charge is 2.44. The van der Waals surface area contributed by atoms with Crippen molar-refractivity contribution >= 4 is 0 Å². The standard InChI is InChI=1S/C18H32N2/c1-12-5-13-7-14(6-12)9-18(8-13)20-16-3-2-4-17(20)11-15(19)10-16/h12-18H,2-11,19H2,1H3/t12?,13-,14+,15?,16-,17?,18?/m0/s1. The van der Waals surface area contributed by atoms with Crippen LogP contribution in [0.15, 0.2) is 0 Å². The van der Waals surface area contributed by atoms with Crippen molar-refractivity contribution in [2.24, 2.45) is 23.5 Å². The molecule has 4 fully saturated rings. The van der Waals surface area contributed by atoms with Crippen molar-refractivity contribution in [3.63, 3.8) is 0 Å². The Bertz CT molecular complexity index is 323. The van der Waals surface area contributed by atoms with Crippen LogP contribution in [0.3, 0.4) is 0 Å². The van der Waals surface area contributed by atoms with Crippen molar-refractivity contribution in [1.29, 1.82) is 0 Å². The zero-order chi connectivity index (χ0) is 13.7. The Balaban J connectivity index is 1.50. The van der Waals surface area contributed by atoms with Gasteiger partial charge in [0.2, 0.25) is 0 Å². The molecule has 2 heteroatoms. The van der Waals surface area contributed by atoms with Crippen LogP contribution in [0.5, 0.6) is 0 Å². The molecule has 2 saturated carbocycles. The van der Waals surface area contributed by atoms with E-state index in [-0.39, 0.29) is 0 Å². The van der Waals surface area contributed by atoms with Gasteiger partial charge in [0, 0.05) is 24.2 Å². The van der Waals surface area contributed by atoms with Crippen molar-refractivity contribution in [1.82, 2.24) is 4.90 Å². The second kappa shape index (κ2) is 5.28. The predicted molar refractivity (Wildman–Crippen MR) is 83.5 cm³/mol. The number of piperidine rings is 2. The third-order valence-electron chi connectivity index (χ3n) is 6.84. The molecule has 0 radical (unpaired) electrons. The van der Waals surface area contributed by atoms with Gasteiger partial charge in [-0.2, -0.15) is 0 Å². The summed E-state index contributed by atoms with van der Waals surface area (Å²) >= 11 is 0. The molecule has 7 atom stereocenters. The van der Waals surface area contributed by atoms with Crippen LogP contribution in [-0.2, 0) is 0 Å². The average molecular weight is 276 g/mol. The maximum atomic E-state index is 6.30. The van der Waals surface area contributed by atoms with Crippen molar-refractivity contribution in [2.75, 3.05) is 0 Å². The Hall–Kier alpha value is -0.0800. The van der Waals surface area contributed by atoms with E-state index in [1.807, 2.05) is 0 Å². The van der Waals surface area contributed by atoms with Gasteiger partial charge in [-0.1, -0.05) is 13.3 Å². The lowest BCUT2D eigenvalue weighted by atomic mass is 9.65. The Kier molecular flexibility index (Phi) is 3.58. The van der Waals surface area contributed by atoms with E-state index in [0.717, 1.165) is 35.9 Å². The summed E-state index contributed by atoms with van der Waals surface area (Å²) in [6.45, 7) is 2.48. The largest absolute Gasteiger partial charge is 0.328 e. The molecule has 20 heavy (non-hydrogen) atoms. The molecule has 2 saturated heterocycles. The maximum Gasteiger partial charge on any atom is 0.0116 e. The van der Waals surface area contributed by atoms with Gasteiger partial charge in [-0.25, -0.2) is 0 Å². The van der Waals surface area contributed by atoms with Crippen LogP contribution in [0.2, 0.25) is 0 Å². The molecule has 4 unspecified atom stereocenters. The molecule has 0 spiro atoms. The molecule has 2 heterocycles. The first-order chi connectivity index (χ1) is 9.69. The first-order valence-electron chi connectivity index (χ1n) is 9.22. The fraction of sp³-hybridized carbons (Fsp3) is 1.00. The van der Waals surface area contributed by atoms with Crippen LogP contribution >= 0.6 is 0 Å². The molecule has 2 aliphatic carbocycles. The van der Waals surface area contributed by atoms with Gasteiger partial charge >= 0.3 is 0 Å². The van der Waals surface area contributed by atoms with Gasteiger partial charge in [-0.15, -0.1) is 0 Å². The van der Waals surface area contributed by atoms with Gasteiger partial charge in [0.05, 0.1) is 0 Å². The van der Waals surface area contributed by atoms with Gasteiger partial charge in [-0.3, -0.25) is 4.90 Å². The summed E-state index contributed by atoms with van der Waals surface area (Å²) in [5, 5.41) is 0. The highest BCUT2D eigenvalue weighted by atomic mass is 15.2. The van der Waals surface area contributed by atoms with Crippen LogP contribution in [-0.4, -0.2) is 29.1 Å². The van der Waals surface area contributed by atoms with Crippen molar-refractivity contribution in [3.05, 3.63) is 0 Å². The molecule has 2 aliphatic heterocycles. The van der Waals surface area contributed by atoms with Crippen LogP contribution in [0.1, 0.15) is 71.1 Å². The Morgan fingerprint density at radius 1 is 0.750 bits per heavy atom. The average Bonchev–Trinajstić information content (AvgIpc) is 2.35. The van der Waals surface area contributed by atoms with Crippen LogP contribution in [0, 0.1) is 17.8 Å². The zero-order valence-corrected chi connectivity index (χ0v) is 13.1. The Labute approximate surface area is 124 Å². The molecular weight excluding hydrogens is 244 g/mol. The van der Waals surface area contributed by atoms with Crippen molar-refractivity contribution in [2.45, 2.75) is 95.3 Å². The van der Waals surface area contributed by atoms with E-state index in [4.69, 9.17) is 5.73 Å². The summed E-state index contributed by atoms with van der Waals surface area (Å²) in [5.41, 5.74) is 6.30. The lowest BCUT2D eigenvalue weighted by Crippen LogP contribution is -2.60. The SMILES string of the molecule is CC1C[C@@H]2CC(N3C4CCC[C@H]3CC(N)C4)C[C@H](C1)C2. The number of hydrogen-bond donors (Lipinski definition) is 1. The number of fused-ring (bicyclic) bond motifs is 4. The normalized spacial score (nSPS) is 52.8. The number of rotatable bonds is 1. The number of nitrogens with two attached hydrogens (primary N) is 1. The smallest absolute Gasteiger partial charge is 0.0116 e.